The van der Waals surface area contributed by atoms with Gasteiger partial charge < -0.3 is 10.4 Å². The summed E-state index contributed by atoms with van der Waals surface area (Å²) in [6.45, 7) is 3.02. The quantitative estimate of drug-likeness (QED) is 0.553. The number of hydrogen-bond acceptors (Lipinski definition) is 4. The summed E-state index contributed by atoms with van der Waals surface area (Å²) < 4.78 is 28.2. The predicted molar refractivity (Wildman–Crippen MR) is 76.1 cm³/mol. The lowest BCUT2D eigenvalue weighted by molar-refractivity contribution is 0.192. The molecule has 3 N–H and O–H groups in total. The Morgan fingerprint density at radius 1 is 1.26 bits per heavy atom. The molecule has 0 radical (unpaired) electrons. The smallest absolute Gasteiger partial charge is 0.279 e. The van der Waals surface area contributed by atoms with Gasteiger partial charge in [0, 0.05) is 32.7 Å². The first kappa shape index (κ1) is 16.8. The highest BCUT2D eigenvalue weighted by Gasteiger charge is 2.26. The maximum atomic E-state index is 12.1. The molecule has 0 bridgehead atoms. The molecule has 114 valence electrons. The van der Waals surface area contributed by atoms with Crippen LogP contribution in [0, 0.1) is 0 Å². The van der Waals surface area contributed by atoms with Crippen molar-refractivity contribution in [1.82, 2.24) is 14.3 Å². The standard InChI is InChI=1S/C12H27N3O3S/c1-11(16)10-13-8-9-14-19(17,18)15(2)12-6-4-3-5-7-12/h11-14,16H,3-10H2,1-2H3. The van der Waals surface area contributed by atoms with Gasteiger partial charge in [0.15, 0.2) is 0 Å². The minimum Gasteiger partial charge on any atom is -0.392 e. The molecule has 1 unspecified atom stereocenters. The van der Waals surface area contributed by atoms with Crippen molar-refractivity contribution < 1.29 is 13.5 Å². The summed E-state index contributed by atoms with van der Waals surface area (Å²) in [4.78, 5) is 0. The summed E-state index contributed by atoms with van der Waals surface area (Å²) in [5, 5.41) is 12.0. The molecule has 1 fully saturated rings. The molecule has 7 heteroatoms. The van der Waals surface area contributed by atoms with Crippen LogP contribution in [0.3, 0.4) is 0 Å². The van der Waals surface area contributed by atoms with E-state index in [1.165, 1.54) is 10.7 Å². The second-order valence-electron chi connectivity index (χ2n) is 5.26. The Morgan fingerprint density at radius 3 is 2.47 bits per heavy atom. The molecule has 0 aromatic heterocycles. The molecule has 0 aromatic carbocycles. The summed E-state index contributed by atoms with van der Waals surface area (Å²) in [5.74, 6) is 0. The van der Waals surface area contributed by atoms with Crippen molar-refractivity contribution in [2.45, 2.75) is 51.2 Å². The van der Waals surface area contributed by atoms with Crippen LogP contribution in [0.25, 0.3) is 0 Å². The Kier molecular flexibility index (Phi) is 7.23. The van der Waals surface area contributed by atoms with Gasteiger partial charge in [-0.05, 0) is 19.8 Å². The monoisotopic (exact) mass is 293 g/mol. The molecule has 0 amide bonds. The van der Waals surface area contributed by atoms with Crippen LogP contribution in [0.4, 0.5) is 0 Å². The van der Waals surface area contributed by atoms with Crippen LogP contribution in [-0.4, -0.2) is 56.7 Å². The van der Waals surface area contributed by atoms with E-state index in [-0.39, 0.29) is 6.04 Å². The van der Waals surface area contributed by atoms with Crippen LogP contribution in [0.5, 0.6) is 0 Å². The number of aliphatic hydroxyl groups excluding tert-OH is 1. The first-order chi connectivity index (χ1) is 8.93. The van der Waals surface area contributed by atoms with E-state index in [1.54, 1.807) is 14.0 Å². The Hall–Kier alpha value is -0.210. The minimum absolute atomic E-state index is 0.136. The van der Waals surface area contributed by atoms with Gasteiger partial charge in [-0.1, -0.05) is 19.3 Å². The number of aliphatic hydroxyl groups is 1. The number of rotatable bonds is 8. The van der Waals surface area contributed by atoms with E-state index in [0.29, 0.717) is 19.6 Å². The molecule has 1 atom stereocenters. The predicted octanol–water partition coefficient (Wildman–Crippen LogP) is 0.0557. The van der Waals surface area contributed by atoms with E-state index in [4.69, 9.17) is 5.11 Å². The van der Waals surface area contributed by atoms with Gasteiger partial charge >= 0.3 is 0 Å². The molecule has 0 aromatic rings. The topological polar surface area (TPSA) is 81.7 Å². The summed E-state index contributed by atoms with van der Waals surface area (Å²) in [7, 11) is -1.73. The Balaban J connectivity index is 2.29. The first-order valence-corrected chi connectivity index (χ1v) is 8.49. The molecule has 0 saturated heterocycles. The second-order valence-corrected chi connectivity index (χ2v) is 7.08. The van der Waals surface area contributed by atoms with Crippen molar-refractivity contribution in [1.29, 1.82) is 0 Å². The van der Waals surface area contributed by atoms with Crippen molar-refractivity contribution >= 4 is 10.2 Å². The van der Waals surface area contributed by atoms with Gasteiger partial charge in [-0.3, -0.25) is 0 Å². The van der Waals surface area contributed by atoms with Gasteiger partial charge in [0.2, 0.25) is 0 Å². The summed E-state index contributed by atoms with van der Waals surface area (Å²) in [6, 6.07) is 0.136. The molecule has 0 aliphatic heterocycles. The fourth-order valence-electron chi connectivity index (χ4n) is 2.32. The Morgan fingerprint density at radius 2 is 1.89 bits per heavy atom. The molecule has 1 aliphatic carbocycles. The van der Waals surface area contributed by atoms with Crippen LogP contribution >= 0.6 is 0 Å². The SMILES string of the molecule is CC(O)CNCCNS(=O)(=O)N(C)C1CCCCC1. The summed E-state index contributed by atoms with van der Waals surface area (Å²) >= 11 is 0. The maximum absolute atomic E-state index is 12.1. The van der Waals surface area contributed by atoms with Gasteiger partial charge in [0.25, 0.3) is 10.2 Å². The van der Waals surface area contributed by atoms with Gasteiger partial charge in [0.05, 0.1) is 6.10 Å². The fourth-order valence-corrected chi connectivity index (χ4v) is 3.49. The molecule has 1 aliphatic rings. The fraction of sp³-hybridized carbons (Fsp3) is 1.00. The lowest BCUT2D eigenvalue weighted by Gasteiger charge is -2.30. The molecule has 6 nitrogen and oxygen atoms in total. The zero-order valence-electron chi connectivity index (χ0n) is 11.9. The van der Waals surface area contributed by atoms with Gasteiger partial charge in [-0.15, -0.1) is 0 Å². The van der Waals surface area contributed by atoms with Crippen molar-refractivity contribution in [3.63, 3.8) is 0 Å². The van der Waals surface area contributed by atoms with E-state index in [9.17, 15) is 8.42 Å². The Labute approximate surface area is 116 Å². The first-order valence-electron chi connectivity index (χ1n) is 7.05. The van der Waals surface area contributed by atoms with Gasteiger partial charge in [0.1, 0.15) is 0 Å². The average molecular weight is 293 g/mol. The largest absolute Gasteiger partial charge is 0.392 e. The summed E-state index contributed by atoms with van der Waals surface area (Å²) in [5.41, 5.74) is 0. The minimum atomic E-state index is -3.38. The highest BCUT2D eigenvalue weighted by molar-refractivity contribution is 7.87. The van der Waals surface area contributed by atoms with Crippen LogP contribution in [0.15, 0.2) is 0 Å². The lowest BCUT2D eigenvalue weighted by Crippen LogP contribution is -2.46. The zero-order chi connectivity index (χ0) is 14.3. The van der Waals surface area contributed by atoms with E-state index >= 15 is 0 Å². The normalized spacial score (nSPS) is 19.8. The third-order valence-electron chi connectivity index (χ3n) is 3.49. The average Bonchev–Trinajstić information content (AvgIpc) is 2.38. The molecule has 0 heterocycles. The van der Waals surface area contributed by atoms with Gasteiger partial charge in [-0.25, -0.2) is 4.72 Å². The van der Waals surface area contributed by atoms with E-state index in [0.717, 1.165) is 25.7 Å². The van der Waals surface area contributed by atoms with E-state index in [1.807, 2.05) is 0 Å². The third kappa shape index (κ3) is 6.18. The number of nitrogens with one attached hydrogen (secondary N) is 2. The Bertz CT molecular complexity index is 340. The van der Waals surface area contributed by atoms with Crippen LogP contribution < -0.4 is 10.0 Å². The third-order valence-corrected chi connectivity index (χ3v) is 5.12. The highest BCUT2D eigenvalue weighted by atomic mass is 32.2. The van der Waals surface area contributed by atoms with Crippen LogP contribution in [-0.2, 0) is 10.2 Å². The molecule has 1 saturated carbocycles. The van der Waals surface area contributed by atoms with Crippen molar-refractivity contribution in [2.24, 2.45) is 0 Å². The molecule has 1 rings (SSSR count). The number of nitrogens with zero attached hydrogens (tertiary/aromatic N) is 1. The van der Waals surface area contributed by atoms with Crippen LogP contribution in [0.1, 0.15) is 39.0 Å². The van der Waals surface area contributed by atoms with Crippen molar-refractivity contribution in [2.75, 3.05) is 26.7 Å². The lowest BCUT2D eigenvalue weighted by atomic mass is 9.96. The number of hydrogen-bond donors (Lipinski definition) is 3. The molecule has 0 spiro atoms. The highest BCUT2D eigenvalue weighted by Crippen LogP contribution is 2.22. The van der Waals surface area contributed by atoms with E-state index in [2.05, 4.69) is 10.0 Å². The van der Waals surface area contributed by atoms with E-state index < -0.39 is 16.3 Å². The van der Waals surface area contributed by atoms with Crippen LogP contribution in [0.2, 0.25) is 0 Å². The summed E-state index contributed by atoms with van der Waals surface area (Å²) in [6.07, 6.45) is 4.93. The van der Waals surface area contributed by atoms with Gasteiger partial charge in [-0.2, -0.15) is 12.7 Å². The molecular weight excluding hydrogens is 266 g/mol. The molecule has 19 heavy (non-hydrogen) atoms. The maximum Gasteiger partial charge on any atom is 0.279 e. The molecular formula is C12H27N3O3S. The van der Waals surface area contributed by atoms with Crippen molar-refractivity contribution in [3.05, 3.63) is 0 Å². The van der Waals surface area contributed by atoms with Crippen molar-refractivity contribution in [3.8, 4) is 0 Å². The zero-order valence-corrected chi connectivity index (χ0v) is 12.7. The second kappa shape index (κ2) is 8.16.